The summed E-state index contributed by atoms with van der Waals surface area (Å²) in [5.41, 5.74) is -0.925. The molecule has 112 valence electrons. The van der Waals surface area contributed by atoms with Gasteiger partial charge in [-0.3, -0.25) is 9.69 Å². The smallest absolute Gasteiger partial charge is 0.339 e. The van der Waals surface area contributed by atoms with Crippen LogP contribution in [0.25, 0.3) is 0 Å². The Kier molecular flexibility index (Phi) is 3.96. The minimum atomic E-state index is -4.20. The molecule has 0 unspecified atom stereocenters. The minimum absolute atomic E-state index is 0.204. The molecule has 2 aliphatic rings. The number of piperazine rings is 1. The molecular weight excluding hydrogens is 271 g/mol. The molecule has 0 aromatic carbocycles. The molecule has 4 nitrogen and oxygen atoms in total. The van der Waals surface area contributed by atoms with Gasteiger partial charge in [-0.1, -0.05) is 6.92 Å². The SMILES string of the molecule is CC1CC(C#N)(C(=O)N2CCN(CC(F)(F)F)CC2)C1. The molecule has 1 aliphatic heterocycles. The lowest BCUT2D eigenvalue weighted by Gasteiger charge is -2.44. The lowest BCUT2D eigenvalue weighted by atomic mass is 9.62. The maximum Gasteiger partial charge on any atom is 0.401 e. The molecular formula is C13H18F3N3O. The van der Waals surface area contributed by atoms with Gasteiger partial charge in [0, 0.05) is 26.2 Å². The summed E-state index contributed by atoms with van der Waals surface area (Å²) in [7, 11) is 0. The highest BCUT2D eigenvalue weighted by Gasteiger charge is 2.51. The molecule has 2 rings (SSSR count). The van der Waals surface area contributed by atoms with E-state index in [1.165, 1.54) is 4.90 Å². The Morgan fingerprint density at radius 2 is 1.85 bits per heavy atom. The average molecular weight is 289 g/mol. The Labute approximate surface area is 116 Å². The molecule has 0 N–H and O–H groups in total. The van der Waals surface area contributed by atoms with Gasteiger partial charge >= 0.3 is 6.18 Å². The second-order valence-corrected chi connectivity index (χ2v) is 5.89. The Hall–Kier alpha value is -1.29. The summed E-state index contributed by atoms with van der Waals surface area (Å²) in [5.74, 6) is 0.162. The number of amides is 1. The number of rotatable bonds is 2. The van der Waals surface area contributed by atoms with Gasteiger partial charge in [0.25, 0.3) is 0 Å². The van der Waals surface area contributed by atoms with Gasteiger partial charge in [-0.25, -0.2) is 0 Å². The van der Waals surface area contributed by atoms with Crippen LogP contribution in [0.5, 0.6) is 0 Å². The number of nitriles is 1. The molecule has 1 heterocycles. The number of alkyl halides is 3. The third kappa shape index (κ3) is 3.06. The molecule has 0 atom stereocenters. The lowest BCUT2D eigenvalue weighted by Crippen LogP contribution is -2.56. The standard InChI is InChI=1S/C13H18F3N3O/c1-10-6-12(7-10,8-17)11(20)19-4-2-18(3-5-19)9-13(14,15)16/h10H,2-7,9H2,1H3. The summed E-state index contributed by atoms with van der Waals surface area (Å²) in [5, 5.41) is 9.20. The molecule has 0 spiro atoms. The van der Waals surface area contributed by atoms with Crippen molar-refractivity contribution < 1.29 is 18.0 Å². The monoisotopic (exact) mass is 289 g/mol. The molecule has 0 aromatic heterocycles. The summed E-state index contributed by atoms with van der Waals surface area (Å²) in [6.07, 6.45) is -3.08. The maximum absolute atomic E-state index is 12.3. The van der Waals surface area contributed by atoms with Crippen LogP contribution in [-0.2, 0) is 4.79 Å². The highest BCUT2D eigenvalue weighted by molar-refractivity contribution is 5.86. The molecule has 20 heavy (non-hydrogen) atoms. The van der Waals surface area contributed by atoms with Crippen LogP contribution in [0.2, 0.25) is 0 Å². The number of hydrogen-bond donors (Lipinski definition) is 0. The number of carbonyl (C=O) groups excluding carboxylic acids is 1. The van der Waals surface area contributed by atoms with E-state index in [-0.39, 0.29) is 32.1 Å². The first-order chi connectivity index (χ1) is 9.26. The van der Waals surface area contributed by atoms with Crippen LogP contribution in [0.1, 0.15) is 19.8 Å². The van der Waals surface area contributed by atoms with E-state index in [0.29, 0.717) is 18.8 Å². The van der Waals surface area contributed by atoms with Crippen LogP contribution in [0.3, 0.4) is 0 Å². The highest BCUT2D eigenvalue weighted by Crippen LogP contribution is 2.46. The van der Waals surface area contributed by atoms with Crippen LogP contribution in [-0.4, -0.2) is 54.6 Å². The first-order valence-corrected chi connectivity index (χ1v) is 6.75. The normalized spacial score (nSPS) is 31.6. The predicted molar refractivity (Wildman–Crippen MR) is 65.5 cm³/mol. The molecule has 0 bridgehead atoms. The number of nitrogens with zero attached hydrogens (tertiary/aromatic N) is 3. The minimum Gasteiger partial charge on any atom is -0.339 e. The molecule has 0 radical (unpaired) electrons. The van der Waals surface area contributed by atoms with Crippen LogP contribution in [0, 0.1) is 22.7 Å². The van der Waals surface area contributed by atoms with Crippen molar-refractivity contribution in [1.82, 2.24) is 9.80 Å². The van der Waals surface area contributed by atoms with Gasteiger partial charge < -0.3 is 4.90 Å². The summed E-state index contributed by atoms with van der Waals surface area (Å²) >= 11 is 0. The van der Waals surface area contributed by atoms with Gasteiger partial charge in [0.1, 0.15) is 5.41 Å². The summed E-state index contributed by atoms with van der Waals surface area (Å²) in [6, 6.07) is 2.11. The topological polar surface area (TPSA) is 47.3 Å². The predicted octanol–water partition coefficient (Wildman–Crippen LogP) is 1.63. The number of carbonyl (C=O) groups is 1. The van der Waals surface area contributed by atoms with Crippen LogP contribution >= 0.6 is 0 Å². The Morgan fingerprint density at radius 3 is 2.25 bits per heavy atom. The number of hydrogen-bond acceptors (Lipinski definition) is 3. The van der Waals surface area contributed by atoms with E-state index in [1.807, 2.05) is 6.92 Å². The van der Waals surface area contributed by atoms with Gasteiger partial charge in [-0.05, 0) is 18.8 Å². The first kappa shape index (κ1) is 15.1. The fourth-order valence-electron chi connectivity index (χ4n) is 3.11. The zero-order valence-corrected chi connectivity index (χ0v) is 11.4. The Balaban J connectivity index is 1.88. The quantitative estimate of drug-likeness (QED) is 0.776. The fraction of sp³-hybridized carbons (Fsp3) is 0.846. The van der Waals surface area contributed by atoms with Gasteiger partial charge in [0.2, 0.25) is 5.91 Å². The number of halogens is 3. The van der Waals surface area contributed by atoms with E-state index in [0.717, 1.165) is 0 Å². The molecule has 2 fully saturated rings. The van der Waals surface area contributed by atoms with E-state index in [4.69, 9.17) is 0 Å². The van der Waals surface area contributed by atoms with Crippen LogP contribution < -0.4 is 0 Å². The Morgan fingerprint density at radius 1 is 1.30 bits per heavy atom. The van der Waals surface area contributed by atoms with Crippen molar-refractivity contribution in [2.45, 2.75) is 25.9 Å². The molecule has 7 heteroatoms. The molecule has 0 aromatic rings. The van der Waals surface area contributed by atoms with E-state index < -0.39 is 18.1 Å². The third-order valence-electron chi connectivity index (χ3n) is 4.08. The molecule has 1 saturated carbocycles. The van der Waals surface area contributed by atoms with Crippen molar-refractivity contribution in [1.29, 1.82) is 5.26 Å². The van der Waals surface area contributed by atoms with E-state index in [2.05, 4.69) is 6.07 Å². The molecule has 1 saturated heterocycles. The highest BCUT2D eigenvalue weighted by atomic mass is 19.4. The van der Waals surface area contributed by atoms with Crippen LogP contribution in [0.15, 0.2) is 0 Å². The van der Waals surface area contributed by atoms with Gasteiger partial charge in [-0.15, -0.1) is 0 Å². The summed E-state index contributed by atoms with van der Waals surface area (Å²) in [6.45, 7) is 2.02. The second kappa shape index (κ2) is 5.24. The van der Waals surface area contributed by atoms with E-state index in [1.54, 1.807) is 4.90 Å². The van der Waals surface area contributed by atoms with Gasteiger partial charge in [0.05, 0.1) is 12.6 Å². The van der Waals surface area contributed by atoms with Gasteiger partial charge in [-0.2, -0.15) is 18.4 Å². The summed E-state index contributed by atoms with van der Waals surface area (Å²) in [4.78, 5) is 15.2. The lowest BCUT2D eigenvalue weighted by molar-refractivity contribution is -0.156. The molecule has 1 aliphatic carbocycles. The van der Waals surface area contributed by atoms with Crippen LogP contribution in [0.4, 0.5) is 13.2 Å². The van der Waals surface area contributed by atoms with Crippen molar-refractivity contribution in [2.75, 3.05) is 32.7 Å². The fourth-order valence-corrected chi connectivity index (χ4v) is 3.11. The van der Waals surface area contributed by atoms with Crippen molar-refractivity contribution in [3.05, 3.63) is 0 Å². The maximum atomic E-state index is 12.3. The Bertz CT molecular complexity index is 416. The summed E-state index contributed by atoms with van der Waals surface area (Å²) < 4.78 is 36.8. The van der Waals surface area contributed by atoms with Crippen molar-refractivity contribution in [3.63, 3.8) is 0 Å². The largest absolute Gasteiger partial charge is 0.401 e. The second-order valence-electron chi connectivity index (χ2n) is 5.89. The zero-order valence-electron chi connectivity index (χ0n) is 11.4. The van der Waals surface area contributed by atoms with E-state index in [9.17, 15) is 23.2 Å². The first-order valence-electron chi connectivity index (χ1n) is 6.75. The third-order valence-corrected chi connectivity index (χ3v) is 4.08. The van der Waals surface area contributed by atoms with Crippen molar-refractivity contribution in [2.24, 2.45) is 11.3 Å². The zero-order chi connectivity index (χ0) is 15.0. The van der Waals surface area contributed by atoms with Gasteiger partial charge in [0.15, 0.2) is 0 Å². The molecule has 1 amide bonds. The average Bonchev–Trinajstić information content (AvgIpc) is 2.33. The van der Waals surface area contributed by atoms with Crippen molar-refractivity contribution >= 4 is 5.91 Å². The van der Waals surface area contributed by atoms with E-state index >= 15 is 0 Å². The van der Waals surface area contributed by atoms with Crippen molar-refractivity contribution in [3.8, 4) is 6.07 Å².